The van der Waals surface area contributed by atoms with E-state index in [4.69, 9.17) is 16.3 Å². The van der Waals surface area contributed by atoms with Crippen LogP contribution in [0.1, 0.15) is 49.3 Å². The molecule has 1 N–H and O–H groups in total. The average molecular weight is 372 g/mol. The molecule has 1 saturated carbocycles. The van der Waals surface area contributed by atoms with Crippen LogP contribution in [0, 0.1) is 13.8 Å². The van der Waals surface area contributed by atoms with Gasteiger partial charge in [0.15, 0.2) is 0 Å². The van der Waals surface area contributed by atoms with Crippen LogP contribution >= 0.6 is 11.6 Å². The molecule has 3 nitrogen and oxygen atoms in total. The maximum absolute atomic E-state index is 13.3. The lowest BCUT2D eigenvalue weighted by Crippen LogP contribution is -2.38. The molecule has 26 heavy (non-hydrogen) atoms. The van der Waals surface area contributed by atoms with Gasteiger partial charge in [-0.3, -0.25) is 4.79 Å². The molecule has 0 aromatic heterocycles. The number of rotatable bonds is 5. The maximum atomic E-state index is 13.3. The largest absolute Gasteiger partial charge is 0.493 e. The van der Waals surface area contributed by atoms with Crippen LogP contribution in [0.4, 0.5) is 5.69 Å². The van der Waals surface area contributed by atoms with E-state index in [0.717, 1.165) is 53.8 Å². The first-order valence-corrected chi connectivity index (χ1v) is 9.66. The van der Waals surface area contributed by atoms with Crippen LogP contribution in [0.2, 0.25) is 5.02 Å². The Morgan fingerprint density at radius 1 is 1.15 bits per heavy atom. The van der Waals surface area contributed by atoms with Crippen LogP contribution in [0.5, 0.6) is 5.75 Å². The third-order valence-electron chi connectivity index (χ3n) is 5.29. The molecule has 1 aliphatic carbocycles. The van der Waals surface area contributed by atoms with Crippen molar-refractivity contribution in [3.63, 3.8) is 0 Å². The molecule has 4 heteroatoms. The van der Waals surface area contributed by atoms with Gasteiger partial charge in [-0.15, -0.1) is 0 Å². The van der Waals surface area contributed by atoms with Gasteiger partial charge in [0.2, 0.25) is 5.91 Å². The highest BCUT2D eigenvalue weighted by atomic mass is 35.5. The highest BCUT2D eigenvalue weighted by Crippen LogP contribution is 2.44. The highest BCUT2D eigenvalue weighted by molar-refractivity contribution is 6.31. The molecule has 1 amide bonds. The third-order valence-corrected chi connectivity index (χ3v) is 5.62. The predicted molar refractivity (Wildman–Crippen MR) is 107 cm³/mol. The van der Waals surface area contributed by atoms with E-state index in [1.165, 1.54) is 0 Å². The number of carbonyl (C=O) groups is 1. The fourth-order valence-corrected chi connectivity index (χ4v) is 4.41. The fourth-order valence-electron chi connectivity index (χ4n) is 4.09. The highest BCUT2D eigenvalue weighted by Gasteiger charge is 2.43. The number of hydrogen-bond acceptors (Lipinski definition) is 2. The van der Waals surface area contributed by atoms with Gasteiger partial charge in [-0.25, -0.2) is 0 Å². The summed E-state index contributed by atoms with van der Waals surface area (Å²) in [5.74, 6) is 0.929. The number of ether oxygens (including phenoxy) is 1. The van der Waals surface area contributed by atoms with E-state index < -0.39 is 5.41 Å². The van der Waals surface area contributed by atoms with Gasteiger partial charge in [0, 0.05) is 10.7 Å². The van der Waals surface area contributed by atoms with Crippen molar-refractivity contribution in [2.45, 2.75) is 51.9 Å². The van der Waals surface area contributed by atoms with Crippen LogP contribution in [-0.2, 0) is 10.2 Å². The molecule has 0 heterocycles. The zero-order chi connectivity index (χ0) is 18.7. The van der Waals surface area contributed by atoms with Gasteiger partial charge in [-0.1, -0.05) is 42.6 Å². The summed E-state index contributed by atoms with van der Waals surface area (Å²) in [6.45, 7) is 6.62. The monoisotopic (exact) mass is 371 g/mol. The Kier molecular flexibility index (Phi) is 5.57. The van der Waals surface area contributed by atoms with E-state index in [0.29, 0.717) is 11.6 Å². The molecule has 138 valence electrons. The van der Waals surface area contributed by atoms with Crippen molar-refractivity contribution in [2.24, 2.45) is 0 Å². The molecular formula is C22H26ClNO2. The number of aryl methyl sites for hydroxylation is 2. The molecule has 0 atom stereocenters. The maximum Gasteiger partial charge on any atom is 0.235 e. The van der Waals surface area contributed by atoms with Gasteiger partial charge in [0.1, 0.15) is 5.75 Å². The topological polar surface area (TPSA) is 38.3 Å². The Labute approximate surface area is 160 Å². The third kappa shape index (κ3) is 3.45. The minimum atomic E-state index is -0.543. The predicted octanol–water partition coefficient (Wildman–Crippen LogP) is 5.81. The molecule has 3 rings (SSSR count). The van der Waals surface area contributed by atoms with Crippen molar-refractivity contribution in [3.05, 3.63) is 58.1 Å². The van der Waals surface area contributed by atoms with E-state index in [2.05, 4.69) is 5.32 Å². The quantitative estimate of drug-likeness (QED) is 0.720. The Morgan fingerprint density at radius 3 is 2.35 bits per heavy atom. The lowest BCUT2D eigenvalue weighted by Gasteiger charge is -2.29. The van der Waals surface area contributed by atoms with Gasteiger partial charge in [-0.05, 0) is 68.5 Å². The first kappa shape index (κ1) is 18.8. The molecule has 0 bridgehead atoms. The van der Waals surface area contributed by atoms with Crippen LogP contribution in [-0.4, -0.2) is 12.5 Å². The number of hydrogen-bond donors (Lipinski definition) is 1. The zero-order valence-corrected chi connectivity index (χ0v) is 16.5. The molecule has 1 fully saturated rings. The van der Waals surface area contributed by atoms with E-state index >= 15 is 0 Å². The Balaban J connectivity index is 1.92. The molecule has 0 aliphatic heterocycles. The fraction of sp³-hybridized carbons (Fsp3) is 0.409. The molecule has 0 saturated heterocycles. The summed E-state index contributed by atoms with van der Waals surface area (Å²) in [4.78, 5) is 13.3. The first-order valence-electron chi connectivity index (χ1n) is 9.28. The first-order chi connectivity index (χ1) is 12.5. The smallest absolute Gasteiger partial charge is 0.235 e. The Bertz CT molecular complexity index is 787. The van der Waals surface area contributed by atoms with Crippen LogP contribution in [0.15, 0.2) is 36.4 Å². The second-order valence-corrected chi connectivity index (χ2v) is 7.50. The average Bonchev–Trinajstić information content (AvgIpc) is 3.09. The van der Waals surface area contributed by atoms with E-state index in [-0.39, 0.29) is 5.91 Å². The molecular weight excluding hydrogens is 346 g/mol. The zero-order valence-electron chi connectivity index (χ0n) is 15.7. The van der Waals surface area contributed by atoms with Crippen molar-refractivity contribution in [1.29, 1.82) is 0 Å². The normalized spacial score (nSPS) is 15.7. The Morgan fingerprint density at radius 2 is 1.77 bits per heavy atom. The summed E-state index contributed by atoms with van der Waals surface area (Å²) in [5.41, 5.74) is 3.27. The number of halogens is 1. The molecule has 1 aliphatic rings. The van der Waals surface area contributed by atoms with Gasteiger partial charge in [0.05, 0.1) is 12.0 Å². The number of benzene rings is 2. The Hall–Kier alpha value is -2.00. The van der Waals surface area contributed by atoms with Gasteiger partial charge < -0.3 is 10.1 Å². The summed E-state index contributed by atoms with van der Waals surface area (Å²) >= 11 is 6.45. The lowest BCUT2D eigenvalue weighted by molar-refractivity contribution is -0.121. The summed E-state index contributed by atoms with van der Waals surface area (Å²) in [5, 5.41) is 3.82. The van der Waals surface area contributed by atoms with Crippen molar-refractivity contribution in [2.75, 3.05) is 11.9 Å². The van der Waals surface area contributed by atoms with Gasteiger partial charge in [-0.2, -0.15) is 0 Å². The molecule has 2 aromatic rings. The molecule has 0 spiro atoms. The van der Waals surface area contributed by atoms with E-state index in [9.17, 15) is 4.79 Å². The van der Waals surface area contributed by atoms with E-state index in [1.54, 1.807) is 0 Å². The van der Waals surface area contributed by atoms with E-state index in [1.807, 2.05) is 57.2 Å². The summed E-state index contributed by atoms with van der Waals surface area (Å²) < 4.78 is 5.70. The summed E-state index contributed by atoms with van der Waals surface area (Å²) in [6.07, 6.45) is 3.75. The number of nitrogens with one attached hydrogen (secondary N) is 1. The van der Waals surface area contributed by atoms with Gasteiger partial charge in [0.25, 0.3) is 0 Å². The second kappa shape index (κ2) is 7.71. The van der Waals surface area contributed by atoms with Crippen LogP contribution in [0.25, 0.3) is 0 Å². The number of carbonyl (C=O) groups excluding carboxylic acids is 1. The molecule has 2 aromatic carbocycles. The second-order valence-electron chi connectivity index (χ2n) is 7.10. The molecule has 0 radical (unpaired) electrons. The van der Waals surface area contributed by atoms with Crippen molar-refractivity contribution >= 4 is 23.2 Å². The SMILES string of the molecule is CCOc1c(C)cc(NC(=O)C2(c3ccccc3Cl)CCCC2)cc1C. The number of amides is 1. The minimum absolute atomic E-state index is 0.0334. The standard InChI is InChI=1S/C22H26ClNO2/c1-4-26-20-15(2)13-17(14-16(20)3)24-21(25)22(11-7-8-12-22)18-9-5-6-10-19(18)23/h5-6,9-10,13-14H,4,7-8,11-12H2,1-3H3,(H,24,25). The van der Waals surface area contributed by atoms with Gasteiger partial charge >= 0.3 is 0 Å². The summed E-state index contributed by atoms with van der Waals surface area (Å²) in [7, 11) is 0. The lowest BCUT2D eigenvalue weighted by atomic mass is 9.78. The van der Waals surface area contributed by atoms with Crippen LogP contribution in [0.3, 0.4) is 0 Å². The van der Waals surface area contributed by atoms with Crippen LogP contribution < -0.4 is 10.1 Å². The number of anilines is 1. The molecule has 0 unspecified atom stereocenters. The van der Waals surface area contributed by atoms with Crippen molar-refractivity contribution < 1.29 is 9.53 Å². The van der Waals surface area contributed by atoms with Crippen molar-refractivity contribution in [1.82, 2.24) is 0 Å². The minimum Gasteiger partial charge on any atom is -0.493 e. The van der Waals surface area contributed by atoms with Crippen molar-refractivity contribution in [3.8, 4) is 5.75 Å². The summed E-state index contributed by atoms with van der Waals surface area (Å²) in [6, 6.07) is 11.7.